The minimum absolute atomic E-state index is 0.0442. The van der Waals surface area contributed by atoms with Crippen molar-refractivity contribution in [2.75, 3.05) is 6.54 Å². The first-order valence-electron chi connectivity index (χ1n) is 5.78. The number of rotatable bonds is 7. The highest BCUT2D eigenvalue weighted by atomic mass is 16.2. The van der Waals surface area contributed by atoms with Gasteiger partial charge in [0.2, 0.25) is 5.91 Å². The molecule has 0 heterocycles. The Kier molecular flexibility index (Phi) is 4.33. The minimum atomic E-state index is -0.431. The summed E-state index contributed by atoms with van der Waals surface area (Å²) in [6.45, 7) is 6.56. The zero-order valence-electron chi connectivity index (χ0n) is 9.59. The van der Waals surface area contributed by atoms with Gasteiger partial charge < -0.3 is 11.1 Å². The number of hydrogen-bond donors (Lipinski definition) is 2. The zero-order valence-corrected chi connectivity index (χ0v) is 9.59. The lowest BCUT2D eigenvalue weighted by Crippen LogP contribution is -2.42. The van der Waals surface area contributed by atoms with Gasteiger partial charge in [0.15, 0.2) is 0 Å². The van der Waals surface area contributed by atoms with E-state index in [2.05, 4.69) is 18.8 Å². The Bertz CT molecular complexity index is 234. The summed E-state index contributed by atoms with van der Waals surface area (Å²) in [5.74, 6) is -0.0442. The van der Waals surface area contributed by atoms with Crippen molar-refractivity contribution >= 4 is 5.91 Å². The number of carbonyl (C=O) groups excluding carboxylic acids is 1. The van der Waals surface area contributed by atoms with Crippen molar-refractivity contribution in [2.24, 2.45) is 11.1 Å². The van der Waals surface area contributed by atoms with Gasteiger partial charge in [-0.1, -0.05) is 19.4 Å². The maximum atomic E-state index is 11.5. The standard InChI is InChI=1S/C12H22N2O/c1-3-5-10(13)11(15)14-9-12(6-4-2)7-8-12/h3,10H,1,4-9,13H2,2H3,(H,14,15). The molecule has 3 N–H and O–H groups in total. The van der Waals surface area contributed by atoms with E-state index < -0.39 is 6.04 Å². The first-order valence-corrected chi connectivity index (χ1v) is 5.78. The summed E-state index contributed by atoms with van der Waals surface area (Å²) in [7, 11) is 0. The van der Waals surface area contributed by atoms with Crippen LogP contribution in [0.1, 0.15) is 39.0 Å². The summed E-state index contributed by atoms with van der Waals surface area (Å²) >= 11 is 0. The van der Waals surface area contributed by atoms with Crippen molar-refractivity contribution in [3.63, 3.8) is 0 Å². The van der Waals surface area contributed by atoms with Crippen molar-refractivity contribution in [3.8, 4) is 0 Å². The van der Waals surface area contributed by atoms with Crippen molar-refractivity contribution in [2.45, 2.75) is 45.1 Å². The lowest BCUT2D eigenvalue weighted by atomic mass is 10.0. The second kappa shape index (κ2) is 5.31. The fraction of sp³-hybridized carbons (Fsp3) is 0.750. The van der Waals surface area contributed by atoms with Crippen LogP contribution in [0.2, 0.25) is 0 Å². The molecule has 0 aromatic rings. The van der Waals surface area contributed by atoms with Crippen LogP contribution in [0, 0.1) is 5.41 Å². The topological polar surface area (TPSA) is 55.1 Å². The van der Waals surface area contributed by atoms with Gasteiger partial charge in [0.1, 0.15) is 0 Å². The van der Waals surface area contributed by atoms with Crippen LogP contribution >= 0.6 is 0 Å². The number of amides is 1. The van der Waals surface area contributed by atoms with Crippen LogP contribution in [0.15, 0.2) is 12.7 Å². The molecule has 0 bridgehead atoms. The molecule has 86 valence electrons. The third kappa shape index (κ3) is 3.67. The summed E-state index contributed by atoms with van der Waals surface area (Å²) < 4.78 is 0. The first-order chi connectivity index (χ1) is 7.13. The summed E-state index contributed by atoms with van der Waals surface area (Å²) in [4.78, 5) is 11.5. The van der Waals surface area contributed by atoms with Gasteiger partial charge in [-0.2, -0.15) is 0 Å². The predicted molar refractivity (Wildman–Crippen MR) is 62.4 cm³/mol. The second-order valence-corrected chi connectivity index (χ2v) is 4.60. The molecule has 0 saturated heterocycles. The van der Waals surface area contributed by atoms with E-state index in [0.717, 1.165) is 6.54 Å². The summed E-state index contributed by atoms with van der Waals surface area (Å²) in [5, 5.41) is 2.94. The third-order valence-electron chi connectivity index (χ3n) is 3.13. The molecule has 15 heavy (non-hydrogen) atoms. The smallest absolute Gasteiger partial charge is 0.237 e. The van der Waals surface area contributed by atoms with Crippen molar-refractivity contribution in [1.82, 2.24) is 5.32 Å². The number of nitrogens with two attached hydrogens (primary N) is 1. The Balaban J connectivity index is 2.24. The van der Waals surface area contributed by atoms with Crippen LogP contribution in [-0.2, 0) is 4.79 Å². The fourth-order valence-corrected chi connectivity index (χ4v) is 1.91. The Morgan fingerprint density at radius 3 is 2.80 bits per heavy atom. The molecule has 3 heteroatoms. The molecule has 1 rings (SSSR count). The Hall–Kier alpha value is -0.830. The molecule has 1 amide bonds. The predicted octanol–water partition coefficient (Wildman–Crippen LogP) is 1.59. The van der Waals surface area contributed by atoms with Gasteiger partial charge >= 0.3 is 0 Å². The molecule has 1 fully saturated rings. The van der Waals surface area contributed by atoms with Crippen LogP contribution in [0.3, 0.4) is 0 Å². The van der Waals surface area contributed by atoms with Gasteiger partial charge in [0, 0.05) is 6.54 Å². The molecule has 1 saturated carbocycles. The van der Waals surface area contributed by atoms with Crippen LogP contribution in [-0.4, -0.2) is 18.5 Å². The van der Waals surface area contributed by atoms with Crippen LogP contribution in [0.5, 0.6) is 0 Å². The summed E-state index contributed by atoms with van der Waals surface area (Å²) in [6, 6.07) is -0.431. The van der Waals surface area contributed by atoms with Gasteiger partial charge in [-0.15, -0.1) is 6.58 Å². The molecule has 1 aliphatic carbocycles. The van der Waals surface area contributed by atoms with Gasteiger partial charge in [0.05, 0.1) is 6.04 Å². The molecular weight excluding hydrogens is 188 g/mol. The van der Waals surface area contributed by atoms with E-state index in [9.17, 15) is 4.79 Å². The zero-order chi connectivity index (χ0) is 11.3. The minimum Gasteiger partial charge on any atom is -0.354 e. The quantitative estimate of drug-likeness (QED) is 0.627. The summed E-state index contributed by atoms with van der Waals surface area (Å²) in [6.07, 6.45) is 7.13. The Morgan fingerprint density at radius 1 is 1.67 bits per heavy atom. The Morgan fingerprint density at radius 2 is 2.33 bits per heavy atom. The summed E-state index contributed by atoms with van der Waals surface area (Å²) in [5.41, 5.74) is 6.07. The van der Waals surface area contributed by atoms with Crippen LogP contribution in [0.4, 0.5) is 0 Å². The van der Waals surface area contributed by atoms with Crippen molar-refractivity contribution < 1.29 is 4.79 Å². The van der Waals surface area contributed by atoms with E-state index >= 15 is 0 Å². The molecule has 0 aromatic heterocycles. The van der Waals surface area contributed by atoms with Gasteiger partial charge in [0.25, 0.3) is 0 Å². The van der Waals surface area contributed by atoms with Gasteiger partial charge in [-0.3, -0.25) is 4.79 Å². The number of carbonyl (C=O) groups is 1. The molecular formula is C12H22N2O. The maximum absolute atomic E-state index is 11.5. The van der Waals surface area contributed by atoms with E-state index in [1.165, 1.54) is 25.7 Å². The average molecular weight is 210 g/mol. The van der Waals surface area contributed by atoms with Crippen LogP contribution in [0.25, 0.3) is 0 Å². The van der Waals surface area contributed by atoms with E-state index in [0.29, 0.717) is 11.8 Å². The molecule has 0 spiro atoms. The molecule has 1 aliphatic rings. The maximum Gasteiger partial charge on any atom is 0.237 e. The molecule has 1 unspecified atom stereocenters. The van der Waals surface area contributed by atoms with E-state index in [4.69, 9.17) is 5.73 Å². The highest BCUT2D eigenvalue weighted by molar-refractivity contribution is 5.81. The SMILES string of the molecule is C=CCC(N)C(=O)NCC1(CCC)CC1. The van der Waals surface area contributed by atoms with E-state index in [-0.39, 0.29) is 5.91 Å². The monoisotopic (exact) mass is 210 g/mol. The lowest BCUT2D eigenvalue weighted by molar-refractivity contribution is -0.122. The highest BCUT2D eigenvalue weighted by Crippen LogP contribution is 2.48. The normalized spacial score (nSPS) is 19.3. The second-order valence-electron chi connectivity index (χ2n) is 4.60. The third-order valence-corrected chi connectivity index (χ3v) is 3.13. The van der Waals surface area contributed by atoms with Crippen molar-refractivity contribution in [3.05, 3.63) is 12.7 Å². The molecule has 0 aliphatic heterocycles. The van der Waals surface area contributed by atoms with Gasteiger partial charge in [-0.05, 0) is 31.1 Å². The van der Waals surface area contributed by atoms with E-state index in [1.807, 2.05) is 0 Å². The molecule has 3 nitrogen and oxygen atoms in total. The largest absolute Gasteiger partial charge is 0.354 e. The van der Waals surface area contributed by atoms with Gasteiger partial charge in [-0.25, -0.2) is 0 Å². The Labute approximate surface area is 92.1 Å². The molecule has 0 radical (unpaired) electrons. The molecule has 0 aromatic carbocycles. The number of nitrogens with one attached hydrogen (secondary N) is 1. The molecule has 1 atom stereocenters. The fourth-order valence-electron chi connectivity index (χ4n) is 1.91. The lowest BCUT2D eigenvalue weighted by Gasteiger charge is -2.16. The van der Waals surface area contributed by atoms with Crippen LogP contribution < -0.4 is 11.1 Å². The first kappa shape index (κ1) is 12.2. The highest BCUT2D eigenvalue weighted by Gasteiger charge is 2.41. The van der Waals surface area contributed by atoms with E-state index in [1.54, 1.807) is 6.08 Å². The average Bonchev–Trinajstić information content (AvgIpc) is 2.96. The van der Waals surface area contributed by atoms with Crippen molar-refractivity contribution in [1.29, 1.82) is 0 Å². The number of hydrogen-bond acceptors (Lipinski definition) is 2.